The van der Waals surface area contributed by atoms with Crippen LogP contribution in [-0.2, 0) is 4.79 Å². The highest BCUT2D eigenvalue weighted by Crippen LogP contribution is 2.28. The smallest absolute Gasteiger partial charge is 0.287 e. The second-order valence-electron chi connectivity index (χ2n) is 6.97. The summed E-state index contributed by atoms with van der Waals surface area (Å²) >= 11 is 0. The molecule has 0 aliphatic heterocycles. The van der Waals surface area contributed by atoms with Crippen LogP contribution in [0.5, 0.6) is 0 Å². The van der Waals surface area contributed by atoms with Gasteiger partial charge in [-0.1, -0.05) is 19.3 Å². The Morgan fingerprint density at radius 3 is 2.48 bits per heavy atom. The molecule has 1 fully saturated rings. The number of hydrogen-bond donors (Lipinski definition) is 4. The number of carbonyl (C=O) groups is 2. The van der Waals surface area contributed by atoms with Crippen LogP contribution in [0.3, 0.4) is 0 Å². The molecule has 2 amide bonds. The van der Waals surface area contributed by atoms with Crippen molar-refractivity contribution in [3.8, 4) is 11.3 Å². The molecule has 3 rings (SSSR count). The molecular weight excluding hydrogens is 344 g/mol. The van der Waals surface area contributed by atoms with E-state index in [0.29, 0.717) is 17.1 Å². The Morgan fingerprint density at radius 1 is 1.07 bits per heavy atom. The summed E-state index contributed by atoms with van der Waals surface area (Å²) in [7, 11) is 1.58. The van der Waals surface area contributed by atoms with Gasteiger partial charge in [0.15, 0.2) is 5.76 Å². The Balaban J connectivity index is 1.75. The van der Waals surface area contributed by atoms with E-state index >= 15 is 0 Å². The Labute approximate surface area is 158 Å². The van der Waals surface area contributed by atoms with Crippen molar-refractivity contribution in [2.75, 3.05) is 18.5 Å². The number of nitrogens with one attached hydrogen (secondary N) is 2. The molecule has 0 bridgehead atoms. The fourth-order valence-corrected chi connectivity index (χ4v) is 3.58. The van der Waals surface area contributed by atoms with Crippen LogP contribution in [0.2, 0.25) is 0 Å². The molecule has 1 aliphatic rings. The van der Waals surface area contributed by atoms with Gasteiger partial charge in [-0.05, 0) is 49.1 Å². The Morgan fingerprint density at radius 2 is 1.81 bits per heavy atom. The van der Waals surface area contributed by atoms with Crippen molar-refractivity contribution < 1.29 is 14.0 Å². The van der Waals surface area contributed by atoms with Gasteiger partial charge in [0, 0.05) is 12.6 Å². The van der Waals surface area contributed by atoms with Crippen molar-refractivity contribution in [3.63, 3.8) is 0 Å². The lowest BCUT2D eigenvalue weighted by molar-refractivity contribution is -0.124. The molecule has 1 heterocycles. The molecule has 2 aromatic rings. The predicted molar refractivity (Wildman–Crippen MR) is 105 cm³/mol. The summed E-state index contributed by atoms with van der Waals surface area (Å²) in [4.78, 5) is 24.9. The van der Waals surface area contributed by atoms with Gasteiger partial charge in [-0.25, -0.2) is 0 Å². The molecule has 0 radical (unpaired) electrons. The largest absolute Gasteiger partial charge is 0.451 e. The lowest BCUT2D eigenvalue weighted by atomic mass is 9.83. The molecular formula is C20H26N4O3. The third-order valence-corrected chi connectivity index (χ3v) is 5.14. The molecule has 27 heavy (non-hydrogen) atoms. The van der Waals surface area contributed by atoms with Crippen LogP contribution in [-0.4, -0.2) is 24.9 Å². The highest BCUT2D eigenvalue weighted by molar-refractivity contribution is 5.96. The van der Waals surface area contributed by atoms with Gasteiger partial charge in [0.2, 0.25) is 5.91 Å². The number of nitrogen functional groups attached to an aromatic ring is 2. The maximum Gasteiger partial charge on any atom is 0.287 e. The highest BCUT2D eigenvalue weighted by Gasteiger charge is 2.31. The quantitative estimate of drug-likeness (QED) is 0.602. The molecule has 0 spiro atoms. The van der Waals surface area contributed by atoms with Crippen LogP contribution < -0.4 is 22.1 Å². The third-order valence-electron chi connectivity index (χ3n) is 5.14. The SMILES string of the molecule is CNC(=O)[C@@H](NC(=O)c1ccc(-c2ccc(N)c(N)c2)o1)C1CCCCC1. The Bertz CT molecular complexity index is 824. The van der Waals surface area contributed by atoms with Gasteiger partial charge in [0.1, 0.15) is 11.8 Å². The molecule has 6 N–H and O–H groups in total. The minimum atomic E-state index is -0.552. The van der Waals surface area contributed by atoms with Crippen LogP contribution in [0.25, 0.3) is 11.3 Å². The first kappa shape index (κ1) is 18.8. The average Bonchev–Trinajstić information content (AvgIpc) is 3.18. The van der Waals surface area contributed by atoms with E-state index in [4.69, 9.17) is 15.9 Å². The molecule has 1 atom stereocenters. The third kappa shape index (κ3) is 4.24. The van der Waals surface area contributed by atoms with E-state index in [-0.39, 0.29) is 17.6 Å². The molecule has 144 valence electrons. The number of carbonyl (C=O) groups excluding carboxylic acids is 2. The first-order chi connectivity index (χ1) is 13.0. The summed E-state index contributed by atoms with van der Waals surface area (Å²) < 4.78 is 5.69. The van der Waals surface area contributed by atoms with Gasteiger partial charge in [-0.2, -0.15) is 0 Å². The summed E-state index contributed by atoms with van der Waals surface area (Å²) in [6, 6.07) is 7.92. The summed E-state index contributed by atoms with van der Waals surface area (Å²) in [5, 5.41) is 5.50. The van der Waals surface area contributed by atoms with E-state index in [0.717, 1.165) is 31.2 Å². The van der Waals surface area contributed by atoms with Gasteiger partial charge in [-0.3, -0.25) is 9.59 Å². The summed E-state index contributed by atoms with van der Waals surface area (Å²) in [6.07, 6.45) is 5.21. The van der Waals surface area contributed by atoms with Crippen molar-refractivity contribution in [2.45, 2.75) is 38.1 Å². The lowest BCUT2D eigenvalue weighted by Crippen LogP contribution is -2.50. The molecule has 0 saturated heterocycles. The molecule has 1 aliphatic carbocycles. The Hall–Kier alpha value is -2.96. The zero-order valence-electron chi connectivity index (χ0n) is 15.5. The maximum absolute atomic E-state index is 12.7. The lowest BCUT2D eigenvalue weighted by Gasteiger charge is -2.29. The minimum absolute atomic E-state index is 0.147. The van der Waals surface area contributed by atoms with Crippen molar-refractivity contribution >= 4 is 23.2 Å². The van der Waals surface area contributed by atoms with E-state index < -0.39 is 11.9 Å². The van der Waals surface area contributed by atoms with E-state index in [1.165, 1.54) is 6.42 Å². The second-order valence-corrected chi connectivity index (χ2v) is 6.97. The first-order valence-corrected chi connectivity index (χ1v) is 9.27. The van der Waals surface area contributed by atoms with Crippen LogP contribution in [0.1, 0.15) is 42.7 Å². The van der Waals surface area contributed by atoms with Crippen molar-refractivity contribution in [2.24, 2.45) is 5.92 Å². The van der Waals surface area contributed by atoms with Gasteiger partial charge in [0.25, 0.3) is 5.91 Å². The van der Waals surface area contributed by atoms with Crippen LogP contribution >= 0.6 is 0 Å². The van der Waals surface area contributed by atoms with Gasteiger partial charge in [-0.15, -0.1) is 0 Å². The molecule has 1 saturated carbocycles. The van der Waals surface area contributed by atoms with Crippen LogP contribution in [0.4, 0.5) is 11.4 Å². The monoisotopic (exact) mass is 370 g/mol. The van der Waals surface area contributed by atoms with Gasteiger partial charge in [0.05, 0.1) is 11.4 Å². The fraction of sp³-hybridized carbons (Fsp3) is 0.400. The summed E-state index contributed by atoms with van der Waals surface area (Å²) in [6.45, 7) is 0. The van der Waals surface area contributed by atoms with Crippen LogP contribution in [0.15, 0.2) is 34.7 Å². The fourth-order valence-electron chi connectivity index (χ4n) is 3.58. The van der Waals surface area contributed by atoms with E-state index in [2.05, 4.69) is 10.6 Å². The number of nitrogens with two attached hydrogens (primary N) is 2. The molecule has 7 heteroatoms. The van der Waals surface area contributed by atoms with Crippen LogP contribution in [0, 0.1) is 5.92 Å². The number of anilines is 2. The maximum atomic E-state index is 12.7. The highest BCUT2D eigenvalue weighted by atomic mass is 16.4. The minimum Gasteiger partial charge on any atom is -0.451 e. The zero-order chi connectivity index (χ0) is 19.4. The second kappa shape index (κ2) is 8.16. The number of rotatable bonds is 5. The van der Waals surface area contributed by atoms with Crippen molar-refractivity contribution in [3.05, 3.63) is 36.1 Å². The van der Waals surface area contributed by atoms with Crippen molar-refractivity contribution in [1.29, 1.82) is 0 Å². The zero-order valence-corrected chi connectivity index (χ0v) is 15.5. The molecule has 0 unspecified atom stereocenters. The van der Waals surface area contributed by atoms with Gasteiger partial charge >= 0.3 is 0 Å². The number of benzene rings is 1. The van der Waals surface area contributed by atoms with E-state index in [1.807, 2.05) is 0 Å². The number of hydrogen-bond acceptors (Lipinski definition) is 5. The standard InChI is InChI=1S/C20H26N4O3/c1-23-20(26)18(12-5-3-2-4-6-12)24-19(25)17-10-9-16(27-17)13-7-8-14(21)15(22)11-13/h7-12,18H,2-6,21-22H2,1H3,(H,23,26)(H,24,25)/t18-/m0/s1. The summed E-state index contributed by atoms with van der Waals surface area (Å²) in [5.41, 5.74) is 13.2. The number of furan rings is 1. The molecule has 7 nitrogen and oxygen atoms in total. The number of amides is 2. The number of likely N-dealkylation sites (N-methyl/N-ethyl adjacent to an activating group) is 1. The predicted octanol–water partition coefficient (Wildman–Crippen LogP) is 2.54. The van der Waals surface area contributed by atoms with E-state index in [1.54, 1.807) is 37.4 Å². The van der Waals surface area contributed by atoms with Crippen molar-refractivity contribution in [1.82, 2.24) is 10.6 Å². The molecule has 1 aromatic carbocycles. The summed E-state index contributed by atoms with van der Waals surface area (Å²) in [5.74, 6) is 0.247. The topological polar surface area (TPSA) is 123 Å². The average molecular weight is 370 g/mol. The van der Waals surface area contributed by atoms with Gasteiger partial charge < -0.3 is 26.5 Å². The molecule has 1 aromatic heterocycles. The normalized spacial score (nSPS) is 15.9. The first-order valence-electron chi connectivity index (χ1n) is 9.27. The van der Waals surface area contributed by atoms with E-state index in [9.17, 15) is 9.59 Å². The Kier molecular flexibility index (Phi) is 5.69.